The molecule has 2 unspecified atom stereocenters. The van der Waals surface area contributed by atoms with Crippen LogP contribution in [0.3, 0.4) is 0 Å². The number of ether oxygens (including phenoxy) is 4. The fourth-order valence-electron chi connectivity index (χ4n) is 4.58. The summed E-state index contributed by atoms with van der Waals surface area (Å²) in [5.74, 6) is 1.28. The van der Waals surface area contributed by atoms with Gasteiger partial charge < -0.3 is 18.9 Å². The number of hydrogen-bond acceptors (Lipinski definition) is 8. The van der Waals surface area contributed by atoms with Crippen molar-refractivity contribution in [3.8, 4) is 0 Å². The van der Waals surface area contributed by atoms with Crippen LogP contribution in [0.2, 0.25) is 0 Å². The largest absolute Gasteiger partial charge is 0.474 e. The van der Waals surface area contributed by atoms with E-state index in [1.54, 1.807) is 14.2 Å². The highest BCUT2D eigenvalue weighted by molar-refractivity contribution is 7.48. The lowest BCUT2D eigenvalue weighted by Gasteiger charge is -2.21. The summed E-state index contributed by atoms with van der Waals surface area (Å²) in [4.78, 5) is 0. The zero-order valence-corrected chi connectivity index (χ0v) is 29.2. The molecule has 42 heavy (non-hydrogen) atoms. The van der Waals surface area contributed by atoms with Crippen molar-refractivity contribution < 1.29 is 37.1 Å². The van der Waals surface area contributed by atoms with E-state index in [9.17, 15) is 4.57 Å². The lowest BCUT2D eigenvalue weighted by molar-refractivity contribution is -0.108. The second-order valence-corrected chi connectivity index (χ2v) is 13.2. The molecule has 0 aliphatic heterocycles. The van der Waals surface area contributed by atoms with Crippen LogP contribution in [-0.4, -0.2) is 66.8 Å². The molecular weight excluding hydrogens is 555 g/mol. The zero-order valence-electron chi connectivity index (χ0n) is 28.3. The lowest BCUT2D eigenvalue weighted by atomic mass is 10.0. The average Bonchev–Trinajstić information content (AvgIpc) is 3.00. The van der Waals surface area contributed by atoms with Gasteiger partial charge in [0.05, 0.1) is 39.1 Å². The van der Waals surface area contributed by atoms with E-state index in [2.05, 4.69) is 20.8 Å². The molecule has 0 saturated heterocycles. The highest BCUT2D eigenvalue weighted by atomic mass is 31.2. The van der Waals surface area contributed by atoms with Crippen LogP contribution in [0.4, 0.5) is 0 Å². The quantitative estimate of drug-likeness (QED) is 0.0303. The molecule has 0 radical (unpaired) electrons. The van der Waals surface area contributed by atoms with Crippen molar-refractivity contribution in [2.24, 2.45) is 0 Å². The second kappa shape index (κ2) is 30.8. The Kier molecular flexibility index (Phi) is 30.7. The molecule has 0 aromatic heterocycles. The molecule has 0 bridgehead atoms. The van der Waals surface area contributed by atoms with Crippen molar-refractivity contribution in [3.63, 3.8) is 0 Å². The van der Waals surface area contributed by atoms with Gasteiger partial charge in [0.25, 0.3) is 0 Å². The van der Waals surface area contributed by atoms with Crippen LogP contribution in [0.15, 0.2) is 0 Å². The molecule has 0 amide bonds. The summed E-state index contributed by atoms with van der Waals surface area (Å²) in [6.07, 6.45) is 22.4. The third-order valence-electron chi connectivity index (χ3n) is 7.68. The molecule has 0 N–H and O–H groups in total. The monoisotopic (exact) mass is 623 g/mol. The Morgan fingerprint density at radius 3 is 1.71 bits per heavy atom. The number of hydrogen-bond donors (Lipinski definition) is 0. The summed E-state index contributed by atoms with van der Waals surface area (Å²) in [6, 6.07) is 0. The number of methoxy groups -OCH3 is 2. The van der Waals surface area contributed by atoms with Gasteiger partial charge in [-0.1, -0.05) is 90.4 Å². The van der Waals surface area contributed by atoms with E-state index in [1.807, 2.05) is 0 Å². The highest BCUT2D eigenvalue weighted by Crippen LogP contribution is 2.49. The van der Waals surface area contributed by atoms with Crippen LogP contribution in [0.5, 0.6) is 0 Å². The molecule has 0 spiro atoms. The third-order valence-corrected chi connectivity index (χ3v) is 9.09. The van der Waals surface area contributed by atoms with Gasteiger partial charge in [0, 0.05) is 34.5 Å². The summed E-state index contributed by atoms with van der Waals surface area (Å²) >= 11 is 0. The van der Waals surface area contributed by atoms with Crippen molar-refractivity contribution in [3.05, 3.63) is 5.92 Å². The summed E-state index contributed by atoms with van der Waals surface area (Å²) in [7, 11) is 0.991. The van der Waals surface area contributed by atoms with E-state index >= 15 is 0 Å². The summed E-state index contributed by atoms with van der Waals surface area (Å²) in [5.41, 5.74) is 0. The molecule has 2 atom stereocenters. The van der Waals surface area contributed by atoms with Crippen LogP contribution in [0, 0.1) is 5.92 Å². The molecule has 0 aliphatic carbocycles. The van der Waals surface area contributed by atoms with Crippen molar-refractivity contribution >= 4 is 7.82 Å². The number of phosphoric acid groups is 1. The first kappa shape index (κ1) is 41.8. The number of rotatable bonds is 34. The van der Waals surface area contributed by atoms with Crippen LogP contribution in [-0.2, 0) is 37.1 Å². The molecule has 0 rings (SSSR count). The fraction of sp³-hybridized carbons (Fsp3) is 0.970. The summed E-state index contributed by atoms with van der Waals surface area (Å²) in [6.45, 7) is 8.41. The Balaban J connectivity index is 4.22. The summed E-state index contributed by atoms with van der Waals surface area (Å²) < 4.78 is 51.6. The molecular formula is C33H68O8P+. The SMILES string of the molecule is CCCCCCCCCCCCCCCCOCC(COP(=O)(OC)OCC[C+](C)CC)OCCCCC(OC)OC. The number of unbranched alkanes of at least 4 members (excludes halogenated alkanes) is 14. The van der Waals surface area contributed by atoms with Gasteiger partial charge >= 0.3 is 7.82 Å². The lowest BCUT2D eigenvalue weighted by Crippen LogP contribution is -2.26. The summed E-state index contributed by atoms with van der Waals surface area (Å²) in [5, 5.41) is 0. The van der Waals surface area contributed by atoms with E-state index in [-0.39, 0.29) is 19.0 Å². The average molecular weight is 624 g/mol. The zero-order chi connectivity index (χ0) is 31.2. The molecule has 0 aliphatic rings. The van der Waals surface area contributed by atoms with Crippen molar-refractivity contribution in [1.29, 1.82) is 0 Å². The second-order valence-electron chi connectivity index (χ2n) is 11.4. The third kappa shape index (κ3) is 26.2. The molecule has 8 nitrogen and oxygen atoms in total. The van der Waals surface area contributed by atoms with E-state index in [0.29, 0.717) is 26.4 Å². The topological polar surface area (TPSA) is 81.7 Å². The molecule has 252 valence electrons. The van der Waals surface area contributed by atoms with E-state index in [1.165, 1.54) is 96.5 Å². The van der Waals surface area contributed by atoms with Crippen molar-refractivity contribution in [1.82, 2.24) is 0 Å². The van der Waals surface area contributed by atoms with Crippen LogP contribution in [0.25, 0.3) is 0 Å². The Hall–Kier alpha value is -0.180. The first-order chi connectivity index (χ1) is 20.4. The maximum atomic E-state index is 12.9. The molecule has 9 heteroatoms. The smallest absolute Gasteiger partial charge is 0.379 e. The standard InChI is InChI=1S/C33H68O8P/c1-7-9-10-11-12-13-14-15-16-17-18-19-20-22-26-38-29-32(39-27-23-21-24-33(35-4)36-5)30-41-42(34,37-6)40-28-25-31(3)8-2/h32-33H,7-30H2,1-6H3/q+1. The molecule has 0 saturated carbocycles. The maximum Gasteiger partial charge on any atom is 0.474 e. The Morgan fingerprint density at radius 2 is 1.19 bits per heavy atom. The molecule has 0 fully saturated rings. The van der Waals surface area contributed by atoms with Gasteiger partial charge in [0.1, 0.15) is 12.5 Å². The van der Waals surface area contributed by atoms with Gasteiger partial charge in [-0.3, -0.25) is 13.6 Å². The maximum absolute atomic E-state index is 12.9. The minimum atomic E-state index is -3.65. The van der Waals surface area contributed by atoms with E-state index < -0.39 is 7.82 Å². The Morgan fingerprint density at radius 1 is 0.643 bits per heavy atom. The van der Waals surface area contributed by atoms with E-state index in [4.69, 9.17) is 32.5 Å². The predicted octanol–water partition coefficient (Wildman–Crippen LogP) is 9.84. The van der Waals surface area contributed by atoms with Gasteiger partial charge in [-0.05, 0) is 32.6 Å². The van der Waals surface area contributed by atoms with Crippen LogP contribution in [0.1, 0.15) is 143 Å². The van der Waals surface area contributed by atoms with Gasteiger partial charge in [-0.25, -0.2) is 4.57 Å². The fourth-order valence-corrected chi connectivity index (χ4v) is 5.53. The van der Waals surface area contributed by atoms with E-state index in [0.717, 1.165) is 38.5 Å². The first-order valence-electron chi connectivity index (χ1n) is 17.0. The van der Waals surface area contributed by atoms with Crippen LogP contribution < -0.4 is 0 Å². The van der Waals surface area contributed by atoms with Crippen molar-refractivity contribution in [2.75, 3.05) is 54.4 Å². The number of phosphoric ester groups is 1. The Labute approximate surface area is 260 Å². The van der Waals surface area contributed by atoms with Gasteiger partial charge in [-0.2, -0.15) is 0 Å². The molecule has 0 aromatic carbocycles. The Bertz CT molecular complexity index is 590. The van der Waals surface area contributed by atoms with Crippen LogP contribution >= 0.6 is 7.82 Å². The first-order valence-corrected chi connectivity index (χ1v) is 18.4. The minimum Gasteiger partial charge on any atom is -0.379 e. The molecule has 0 aromatic rings. The van der Waals surface area contributed by atoms with Gasteiger partial charge in [0.2, 0.25) is 0 Å². The van der Waals surface area contributed by atoms with Gasteiger partial charge in [-0.15, -0.1) is 0 Å². The van der Waals surface area contributed by atoms with Gasteiger partial charge in [0.15, 0.2) is 6.29 Å². The normalized spacial score (nSPS) is 14.0. The molecule has 0 heterocycles. The highest BCUT2D eigenvalue weighted by Gasteiger charge is 2.28. The minimum absolute atomic E-state index is 0.0824. The van der Waals surface area contributed by atoms with Crippen molar-refractivity contribution in [2.45, 2.75) is 155 Å². The predicted molar refractivity (Wildman–Crippen MR) is 173 cm³/mol.